The summed E-state index contributed by atoms with van der Waals surface area (Å²) in [6.45, 7) is 1.50. The van der Waals surface area contributed by atoms with E-state index in [1.807, 2.05) is 23.1 Å². The number of hydrogen-bond donors (Lipinski definition) is 1. The number of anilines is 1. The number of rotatable bonds is 4. The van der Waals surface area contributed by atoms with Gasteiger partial charge in [0.05, 0.1) is 12.1 Å². The van der Waals surface area contributed by atoms with Crippen LogP contribution in [0.4, 0.5) is 5.82 Å². The summed E-state index contributed by atoms with van der Waals surface area (Å²) in [5.41, 5.74) is 1.14. The highest BCUT2D eigenvalue weighted by molar-refractivity contribution is 5.93. The van der Waals surface area contributed by atoms with Crippen molar-refractivity contribution >= 4 is 17.4 Å². The minimum Gasteiger partial charge on any atom is -0.379 e. The molecule has 1 N–H and O–H groups in total. The molecule has 4 heterocycles. The Morgan fingerprint density at radius 2 is 1.97 bits per heavy atom. The zero-order chi connectivity index (χ0) is 19.8. The molecule has 8 heteroatoms. The Bertz CT molecular complexity index is 974. The Balaban J connectivity index is 1.30. The van der Waals surface area contributed by atoms with Gasteiger partial charge in [-0.2, -0.15) is 5.10 Å². The summed E-state index contributed by atoms with van der Waals surface area (Å²) in [6.07, 6.45) is 7.29. The van der Waals surface area contributed by atoms with Crippen LogP contribution in [0.3, 0.4) is 0 Å². The predicted molar refractivity (Wildman–Crippen MR) is 108 cm³/mol. The highest BCUT2D eigenvalue weighted by Crippen LogP contribution is 2.38. The number of pyridine rings is 1. The standard InChI is InChI=1S/C21H24N6O2/c1-29-18-10-15-13-26(21(28)17-11-20-23-7-4-8-27(20)25-17)12-14(15)9-16(18)24-19-5-2-3-6-22-19/h2-8,11,14-16,18H,9-10,12-13H2,1H3,(H,22,24)/t14-,15+,16-,18-/m1/s1. The molecule has 1 aliphatic carbocycles. The summed E-state index contributed by atoms with van der Waals surface area (Å²) in [6, 6.07) is 9.60. The highest BCUT2D eigenvalue weighted by atomic mass is 16.5. The fraction of sp³-hybridized carbons (Fsp3) is 0.429. The van der Waals surface area contributed by atoms with Gasteiger partial charge in [-0.25, -0.2) is 14.5 Å². The number of nitrogens with one attached hydrogen (secondary N) is 1. The molecule has 3 aromatic rings. The second kappa shape index (κ2) is 7.44. The van der Waals surface area contributed by atoms with Gasteiger partial charge in [0.15, 0.2) is 11.3 Å². The van der Waals surface area contributed by atoms with Gasteiger partial charge in [0.25, 0.3) is 5.91 Å². The van der Waals surface area contributed by atoms with E-state index in [-0.39, 0.29) is 18.1 Å². The first kappa shape index (κ1) is 18.1. The molecule has 1 amide bonds. The molecule has 0 spiro atoms. The number of nitrogens with zero attached hydrogens (tertiary/aromatic N) is 5. The van der Waals surface area contributed by atoms with Crippen LogP contribution in [0, 0.1) is 11.8 Å². The Morgan fingerprint density at radius 1 is 1.14 bits per heavy atom. The van der Waals surface area contributed by atoms with Crippen molar-refractivity contribution in [2.45, 2.75) is 25.0 Å². The van der Waals surface area contributed by atoms with Crippen molar-refractivity contribution in [1.82, 2.24) is 24.5 Å². The zero-order valence-corrected chi connectivity index (χ0v) is 16.3. The molecule has 2 fully saturated rings. The molecule has 2 aliphatic rings. The topological polar surface area (TPSA) is 84.7 Å². The van der Waals surface area contributed by atoms with E-state index in [1.165, 1.54) is 0 Å². The van der Waals surface area contributed by atoms with Crippen molar-refractivity contribution in [2.75, 3.05) is 25.5 Å². The van der Waals surface area contributed by atoms with Gasteiger partial charge in [-0.1, -0.05) is 6.07 Å². The van der Waals surface area contributed by atoms with Crippen LogP contribution in [0.2, 0.25) is 0 Å². The third-order valence-electron chi connectivity index (χ3n) is 6.16. The van der Waals surface area contributed by atoms with Crippen LogP contribution in [0.1, 0.15) is 23.3 Å². The SMILES string of the molecule is CO[C@@H]1C[C@H]2CN(C(=O)c3cc4ncccn4n3)C[C@H]2C[C@H]1Nc1ccccn1. The maximum Gasteiger partial charge on any atom is 0.274 e. The number of amides is 1. The fourth-order valence-electron chi connectivity index (χ4n) is 4.73. The minimum atomic E-state index is -0.0203. The van der Waals surface area contributed by atoms with E-state index in [1.54, 1.807) is 42.3 Å². The molecule has 1 saturated heterocycles. The molecule has 150 valence electrons. The molecule has 8 nitrogen and oxygen atoms in total. The van der Waals surface area contributed by atoms with Crippen LogP contribution in [0.5, 0.6) is 0 Å². The average molecular weight is 392 g/mol. The lowest BCUT2D eigenvalue weighted by Crippen LogP contribution is -2.44. The van der Waals surface area contributed by atoms with Gasteiger partial charge in [-0.05, 0) is 42.9 Å². The highest BCUT2D eigenvalue weighted by Gasteiger charge is 2.44. The normalized spacial score (nSPS) is 26.4. The Labute approximate surface area is 168 Å². The van der Waals surface area contributed by atoms with Crippen molar-refractivity contribution in [3.8, 4) is 0 Å². The first-order valence-corrected chi connectivity index (χ1v) is 10.0. The summed E-state index contributed by atoms with van der Waals surface area (Å²) in [5, 5.41) is 7.92. The van der Waals surface area contributed by atoms with E-state index in [0.29, 0.717) is 23.2 Å². The monoisotopic (exact) mass is 392 g/mol. The van der Waals surface area contributed by atoms with Crippen LogP contribution in [-0.4, -0.2) is 62.7 Å². The molecule has 0 aromatic carbocycles. The Morgan fingerprint density at radius 3 is 2.72 bits per heavy atom. The number of carbonyl (C=O) groups is 1. The molecule has 4 atom stereocenters. The van der Waals surface area contributed by atoms with Crippen molar-refractivity contribution < 1.29 is 9.53 Å². The first-order valence-electron chi connectivity index (χ1n) is 10.0. The largest absolute Gasteiger partial charge is 0.379 e. The van der Waals surface area contributed by atoms with Crippen LogP contribution >= 0.6 is 0 Å². The second-order valence-corrected chi connectivity index (χ2v) is 7.89. The van der Waals surface area contributed by atoms with Crippen LogP contribution < -0.4 is 5.32 Å². The minimum absolute atomic E-state index is 0.0203. The number of ether oxygens (including phenoxy) is 1. The van der Waals surface area contributed by atoms with E-state index in [2.05, 4.69) is 20.4 Å². The zero-order valence-electron chi connectivity index (χ0n) is 16.3. The van der Waals surface area contributed by atoms with E-state index >= 15 is 0 Å². The summed E-state index contributed by atoms with van der Waals surface area (Å²) >= 11 is 0. The molecular weight excluding hydrogens is 368 g/mol. The maximum atomic E-state index is 13.0. The van der Waals surface area contributed by atoms with Gasteiger partial charge in [0.1, 0.15) is 5.82 Å². The number of aromatic nitrogens is 4. The van der Waals surface area contributed by atoms with Gasteiger partial charge >= 0.3 is 0 Å². The number of methoxy groups -OCH3 is 1. The molecule has 5 rings (SSSR count). The van der Waals surface area contributed by atoms with E-state index in [9.17, 15) is 4.79 Å². The molecular formula is C21H24N6O2. The third-order valence-corrected chi connectivity index (χ3v) is 6.16. The average Bonchev–Trinajstić information content (AvgIpc) is 3.37. The Hall–Kier alpha value is -3.00. The van der Waals surface area contributed by atoms with Crippen LogP contribution in [0.15, 0.2) is 48.9 Å². The van der Waals surface area contributed by atoms with Crippen molar-refractivity contribution in [2.24, 2.45) is 11.8 Å². The molecule has 0 radical (unpaired) electrons. The van der Waals surface area contributed by atoms with E-state index in [4.69, 9.17) is 4.74 Å². The second-order valence-electron chi connectivity index (χ2n) is 7.89. The molecule has 1 saturated carbocycles. The summed E-state index contributed by atoms with van der Waals surface area (Å²) < 4.78 is 7.43. The summed E-state index contributed by atoms with van der Waals surface area (Å²) in [7, 11) is 1.76. The van der Waals surface area contributed by atoms with Crippen molar-refractivity contribution in [3.63, 3.8) is 0 Å². The number of carbonyl (C=O) groups excluding carboxylic acids is 1. The van der Waals surface area contributed by atoms with Gasteiger partial charge in [-0.3, -0.25) is 4.79 Å². The summed E-state index contributed by atoms with van der Waals surface area (Å²) in [5.74, 6) is 1.73. The van der Waals surface area contributed by atoms with Crippen molar-refractivity contribution in [1.29, 1.82) is 0 Å². The fourth-order valence-corrected chi connectivity index (χ4v) is 4.73. The van der Waals surface area contributed by atoms with E-state index in [0.717, 1.165) is 31.7 Å². The third kappa shape index (κ3) is 3.44. The number of hydrogen-bond acceptors (Lipinski definition) is 6. The number of fused-ring (bicyclic) bond motifs is 2. The lowest BCUT2D eigenvalue weighted by atomic mass is 9.77. The quantitative estimate of drug-likeness (QED) is 0.732. The van der Waals surface area contributed by atoms with Crippen molar-refractivity contribution in [3.05, 3.63) is 54.6 Å². The van der Waals surface area contributed by atoms with Gasteiger partial charge in [0.2, 0.25) is 0 Å². The van der Waals surface area contributed by atoms with Crippen LogP contribution in [-0.2, 0) is 4.74 Å². The molecule has 29 heavy (non-hydrogen) atoms. The van der Waals surface area contributed by atoms with Gasteiger partial charge in [-0.15, -0.1) is 0 Å². The van der Waals surface area contributed by atoms with Gasteiger partial charge in [0, 0.05) is 44.9 Å². The molecule has 3 aromatic heterocycles. The predicted octanol–water partition coefficient (Wildman–Crippen LogP) is 2.10. The smallest absolute Gasteiger partial charge is 0.274 e. The van der Waals surface area contributed by atoms with Crippen LogP contribution in [0.25, 0.3) is 5.65 Å². The summed E-state index contributed by atoms with van der Waals surface area (Å²) in [4.78, 5) is 23.6. The number of likely N-dealkylation sites (tertiary alicyclic amines) is 1. The Kier molecular flexibility index (Phi) is 4.63. The first-order chi connectivity index (χ1) is 14.2. The molecule has 0 unspecified atom stereocenters. The van der Waals surface area contributed by atoms with Gasteiger partial charge < -0.3 is 15.0 Å². The molecule has 0 bridgehead atoms. The molecule has 1 aliphatic heterocycles. The lowest BCUT2D eigenvalue weighted by Gasteiger charge is -2.37. The maximum absolute atomic E-state index is 13.0. The lowest BCUT2D eigenvalue weighted by molar-refractivity contribution is 0.0304. The van der Waals surface area contributed by atoms with E-state index < -0.39 is 0 Å².